The van der Waals surface area contributed by atoms with Crippen molar-refractivity contribution in [1.29, 1.82) is 0 Å². The summed E-state index contributed by atoms with van der Waals surface area (Å²) in [6.45, 7) is 0.161. The van der Waals surface area contributed by atoms with Crippen LogP contribution in [0.25, 0.3) is 0 Å². The number of carbonyl (C=O) groups excluding carboxylic acids is 1. The minimum Gasteiger partial charge on any atom is -0.497 e. The lowest BCUT2D eigenvalue weighted by Gasteiger charge is -2.09. The van der Waals surface area contributed by atoms with E-state index in [2.05, 4.69) is 5.32 Å². The maximum Gasteiger partial charge on any atom is 0.258 e. The van der Waals surface area contributed by atoms with Gasteiger partial charge in [0.05, 0.1) is 13.7 Å². The number of nitrogens with one attached hydrogen (secondary N) is 1. The van der Waals surface area contributed by atoms with Gasteiger partial charge in [-0.25, -0.2) is 8.78 Å². The zero-order valence-electron chi connectivity index (χ0n) is 13.1. The lowest BCUT2D eigenvalue weighted by molar-refractivity contribution is -0.123. The molecule has 24 heavy (non-hydrogen) atoms. The van der Waals surface area contributed by atoms with Crippen LogP contribution >= 0.6 is 0 Å². The highest BCUT2D eigenvalue weighted by molar-refractivity contribution is 5.77. The first-order valence-electron chi connectivity index (χ1n) is 7.20. The van der Waals surface area contributed by atoms with Crippen molar-refractivity contribution in [2.45, 2.75) is 0 Å². The van der Waals surface area contributed by atoms with E-state index in [4.69, 9.17) is 14.2 Å². The maximum atomic E-state index is 13.3. The second-order valence-electron chi connectivity index (χ2n) is 4.74. The van der Waals surface area contributed by atoms with Gasteiger partial charge in [-0.2, -0.15) is 0 Å². The zero-order chi connectivity index (χ0) is 17.4. The molecule has 0 radical (unpaired) electrons. The zero-order valence-corrected chi connectivity index (χ0v) is 13.1. The monoisotopic (exact) mass is 337 g/mol. The highest BCUT2D eigenvalue weighted by atomic mass is 19.1. The quantitative estimate of drug-likeness (QED) is 0.752. The fourth-order valence-electron chi connectivity index (χ4n) is 1.82. The minimum absolute atomic E-state index is 0.180. The Hall–Kier alpha value is -2.83. The van der Waals surface area contributed by atoms with Gasteiger partial charge in [-0.15, -0.1) is 0 Å². The fraction of sp³-hybridized carbons (Fsp3) is 0.235. The fourth-order valence-corrected chi connectivity index (χ4v) is 1.82. The molecule has 1 amide bonds. The van der Waals surface area contributed by atoms with E-state index in [0.717, 1.165) is 17.9 Å². The average Bonchev–Trinajstić information content (AvgIpc) is 2.58. The van der Waals surface area contributed by atoms with Crippen LogP contribution in [0.4, 0.5) is 8.78 Å². The van der Waals surface area contributed by atoms with E-state index in [9.17, 15) is 13.6 Å². The van der Waals surface area contributed by atoms with Gasteiger partial charge in [0.2, 0.25) is 0 Å². The topological polar surface area (TPSA) is 56.8 Å². The van der Waals surface area contributed by atoms with E-state index in [1.165, 1.54) is 0 Å². The van der Waals surface area contributed by atoms with Crippen LogP contribution in [0.5, 0.6) is 17.2 Å². The van der Waals surface area contributed by atoms with E-state index < -0.39 is 17.5 Å². The van der Waals surface area contributed by atoms with Gasteiger partial charge in [0.25, 0.3) is 5.91 Å². The second-order valence-corrected chi connectivity index (χ2v) is 4.74. The Morgan fingerprint density at radius 2 is 1.75 bits per heavy atom. The molecule has 0 saturated heterocycles. The van der Waals surface area contributed by atoms with Crippen molar-refractivity contribution in [3.8, 4) is 17.2 Å². The number of rotatable bonds is 8. The third kappa shape index (κ3) is 5.42. The van der Waals surface area contributed by atoms with Crippen LogP contribution in [0.2, 0.25) is 0 Å². The van der Waals surface area contributed by atoms with Crippen molar-refractivity contribution in [3.05, 3.63) is 54.1 Å². The van der Waals surface area contributed by atoms with Crippen molar-refractivity contribution in [1.82, 2.24) is 5.32 Å². The summed E-state index contributed by atoms with van der Waals surface area (Å²) in [6.07, 6.45) is 0. The second kappa shape index (κ2) is 8.71. The van der Waals surface area contributed by atoms with Gasteiger partial charge in [-0.3, -0.25) is 4.79 Å². The Morgan fingerprint density at radius 3 is 2.42 bits per heavy atom. The summed E-state index contributed by atoms with van der Waals surface area (Å²) >= 11 is 0. The Labute approximate surface area is 138 Å². The molecule has 0 heterocycles. The number of hydrogen-bond donors (Lipinski definition) is 1. The first-order valence-corrected chi connectivity index (χ1v) is 7.20. The molecule has 2 aromatic rings. The van der Waals surface area contributed by atoms with Crippen LogP contribution in [-0.4, -0.2) is 32.8 Å². The first-order chi connectivity index (χ1) is 11.6. The van der Waals surface area contributed by atoms with Gasteiger partial charge >= 0.3 is 0 Å². The summed E-state index contributed by atoms with van der Waals surface area (Å²) in [5.74, 6) is -0.806. The Kier molecular flexibility index (Phi) is 6.36. The van der Waals surface area contributed by atoms with Crippen LogP contribution in [0.15, 0.2) is 42.5 Å². The smallest absolute Gasteiger partial charge is 0.258 e. The number of methoxy groups -OCH3 is 1. The number of benzene rings is 2. The van der Waals surface area contributed by atoms with E-state index >= 15 is 0 Å². The molecule has 0 aliphatic rings. The third-order valence-corrected chi connectivity index (χ3v) is 3.01. The summed E-state index contributed by atoms with van der Waals surface area (Å²) in [5, 5.41) is 2.57. The number of halogens is 2. The van der Waals surface area contributed by atoms with E-state index in [1.807, 2.05) is 0 Å². The van der Waals surface area contributed by atoms with Crippen molar-refractivity contribution in [2.75, 3.05) is 26.9 Å². The van der Waals surface area contributed by atoms with E-state index in [1.54, 1.807) is 31.4 Å². The molecule has 0 aliphatic heterocycles. The minimum atomic E-state index is -0.856. The molecule has 5 nitrogen and oxygen atoms in total. The summed E-state index contributed by atoms with van der Waals surface area (Å²) in [4.78, 5) is 11.6. The van der Waals surface area contributed by atoms with Crippen LogP contribution in [0.3, 0.4) is 0 Å². The number of ether oxygens (including phenoxy) is 3. The van der Waals surface area contributed by atoms with Crippen molar-refractivity contribution >= 4 is 5.91 Å². The third-order valence-electron chi connectivity index (χ3n) is 3.01. The lowest BCUT2D eigenvalue weighted by atomic mass is 10.3. The van der Waals surface area contributed by atoms with Crippen LogP contribution < -0.4 is 19.5 Å². The van der Waals surface area contributed by atoms with Gasteiger partial charge in [-0.05, 0) is 36.4 Å². The molecule has 0 saturated carbocycles. The lowest BCUT2D eigenvalue weighted by Crippen LogP contribution is -2.32. The van der Waals surface area contributed by atoms with Crippen LogP contribution in [-0.2, 0) is 4.79 Å². The number of hydrogen-bond acceptors (Lipinski definition) is 4. The van der Waals surface area contributed by atoms with Crippen LogP contribution in [0, 0.1) is 11.6 Å². The molecular formula is C17H17F2NO4. The predicted octanol–water partition coefficient (Wildman–Crippen LogP) is 2.55. The van der Waals surface area contributed by atoms with Crippen molar-refractivity contribution < 1.29 is 27.8 Å². The maximum absolute atomic E-state index is 13.3. The standard InChI is InChI=1S/C17H17F2NO4/c1-22-13-3-5-14(6-4-13)23-9-8-20-17(21)11-24-16-7-2-12(18)10-15(16)19/h2-7,10H,8-9,11H2,1H3,(H,20,21). The Bertz CT molecular complexity index is 677. The molecule has 1 N–H and O–H groups in total. The first kappa shape index (κ1) is 17.5. The Morgan fingerprint density at radius 1 is 1.04 bits per heavy atom. The SMILES string of the molecule is COc1ccc(OCCNC(=O)COc2ccc(F)cc2F)cc1. The number of amides is 1. The van der Waals surface area contributed by atoms with Crippen molar-refractivity contribution in [2.24, 2.45) is 0 Å². The number of carbonyl (C=O) groups is 1. The molecule has 7 heteroatoms. The molecule has 0 aromatic heterocycles. The molecule has 0 aliphatic carbocycles. The van der Waals surface area contributed by atoms with Gasteiger partial charge in [0.15, 0.2) is 18.2 Å². The molecule has 2 aromatic carbocycles. The molecule has 0 unspecified atom stereocenters. The van der Waals surface area contributed by atoms with Gasteiger partial charge in [0.1, 0.15) is 23.9 Å². The normalized spacial score (nSPS) is 10.1. The highest BCUT2D eigenvalue weighted by Crippen LogP contribution is 2.17. The van der Waals surface area contributed by atoms with Gasteiger partial charge in [-0.1, -0.05) is 0 Å². The van der Waals surface area contributed by atoms with Crippen LogP contribution in [0.1, 0.15) is 0 Å². The van der Waals surface area contributed by atoms with E-state index in [0.29, 0.717) is 11.8 Å². The van der Waals surface area contributed by atoms with E-state index in [-0.39, 0.29) is 25.5 Å². The van der Waals surface area contributed by atoms with Gasteiger partial charge < -0.3 is 19.5 Å². The summed E-state index contributed by atoms with van der Waals surface area (Å²) < 4.78 is 41.5. The molecular weight excluding hydrogens is 320 g/mol. The average molecular weight is 337 g/mol. The largest absolute Gasteiger partial charge is 0.497 e. The molecule has 128 valence electrons. The highest BCUT2D eigenvalue weighted by Gasteiger charge is 2.07. The Balaban J connectivity index is 1.65. The summed E-state index contributed by atoms with van der Waals surface area (Å²) in [6, 6.07) is 9.90. The summed E-state index contributed by atoms with van der Waals surface area (Å²) in [5.41, 5.74) is 0. The molecule has 0 spiro atoms. The predicted molar refractivity (Wildman–Crippen MR) is 83.4 cm³/mol. The molecule has 0 fully saturated rings. The molecule has 0 atom stereocenters. The van der Waals surface area contributed by atoms with Gasteiger partial charge in [0, 0.05) is 6.07 Å². The molecule has 0 bridgehead atoms. The summed E-state index contributed by atoms with van der Waals surface area (Å²) in [7, 11) is 1.57. The van der Waals surface area contributed by atoms with Crippen molar-refractivity contribution in [3.63, 3.8) is 0 Å². The molecule has 2 rings (SSSR count).